The normalized spacial score (nSPS) is 10.6. The first-order valence-electron chi connectivity index (χ1n) is 6.07. The van der Waals surface area contributed by atoms with E-state index in [-0.39, 0.29) is 0 Å². The van der Waals surface area contributed by atoms with Gasteiger partial charge in [0.05, 0.1) is 0 Å². The molecule has 1 unspecified atom stereocenters. The van der Waals surface area contributed by atoms with E-state index in [0.29, 0.717) is 0 Å². The number of aliphatic hydroxyl groups is 1. The lowest BCUT2D eigenvalue weighted by Crippen LogP contribution is -1.97. The molecule has 0 radical (unpaired) electrons. The number of benzene rings is 2. The molecule has 2 aromatic rings. The van der Waals surface area contributed by atoms with E-state index >= 15 is 0 Å². The lowest BCUT2D eigenvalue weighted by molar-refractivity contribution is 0.289. The van der Waals surface area contributed by atoms with Crippen LogP contribution < -0.4 is 0 Å². The van der Waals surface area contributed by atoms with E-state index in [0.717, 1.165) is 11.1 Å². The Morgan fingerprint density at radius 2 is 1.32 bits per heavy atom. The minimum absolute atomic E-state index is 0.874. The smallest absolute Gasteiger partial charge is 0.177 e. The van der Waals surface area contributed by atoms with Crippen LogP contribution in [0.5, 0.6) is 0 Å². The van der Waals surface area contributed by atoms with Crippen LogP contribution in [-0.4, -0.2) is 11.2 Å². The van der Waals surface area contributed by atoms with Gasteiger partial charge in [0, 0.05) is 11.1 Å². The molecule has 0 fully saturated rings. The summed E-state index contributed by atoms with van der Waals surface area (Å²) in [7, 11) is 0. The van der Waals surface area contributed by atoms with Gasteiger partial charge in [0.25, 0.3) is 0 Å². The summed E-state index contributed by atoms with van der Waals surface area (Å²) in [5.74, 6) is 11.2. The molecule has 92 valence electrons. The van der Waals surface area contributed by atoms with E-state index in [1.54, 1.807) is 0 Å². The van der Waals surface area contributed by atoms with E-state index in [1.165, 1.54) is 5.56 Å². The summed E-state index contributed by atoms with van der Waals surface area (Å²) in [4.78, 5) is 0. The number of aliphatic hydroxyl groups excluding tert-OH is 1. The zero-order valence-corrected chi connectivity index (χ0v) is 10.7. The lowest BCUT2D eigenvalue weighted by atomic mass is 10.1. The second-order valence-corrected chi connectivity index (χ2v) is 4.17. The average molecular weight is 246 g/mol. The standard InChI is InChI=1S/C18H14O/c1-15-7-9-17(10-8-15)12-14-18(19)13-11-16-5-3-2-4-6-16/h2-10,18-19H,1H3. The minimum Gasteiger partial charge on any atom is -0.369 e. The molecule has 0 aliphatic rings. The highest BCUT2D eigenvalue weighted by molar-refractivity contribution is 5.40. The molecule has 0 aliphatic carbocycles. The molecule has 1 atom stereocenters. The molecule has 2 aromatic carbocycles. The van der Waals surface area contributed by atoms with Crippen molar-refractivity contribution in [3.05, 3.63) is 71.3 Å². The number of hydrogen-bond acceptors (Lipinski definition) is 1. The Kier molecular flexibility index (Phi) is 4.40. The highest BCUT2D eigenvalue weighted by Gasteiger charge is 1.91. The fourth-order valence-electron chi connectivity index (χ4n) is 1.50. The first-order chi connectivity index (χ1) is 9.24. The van der Waals surface area contributed by atoms with Gasteiger partial charge in [-0.15, -0.1) is 0 Å². The molecule has 0 saturated heterocycles. The van der Waals surface area contributed by atoms with Gasteiger partial charge in [-0.1, -0.05) is 59.6 Å². The van der Waals surface area contributed by atoms with E-state index in [4.69, 9.17) is 0 Å². The molecule has 0 aliphatic heterocycles. The quantitative estimate of drug-likeness (QED) is 0.709. The summed E-state index contributed by atoms with van der Waals surface area (Å²) < 4.78 is 0. The molecule has 2 rings (SSSR count). The molecule has 0 bridgehead atoms. The van der Waals surface area contributed by atoms with Crippen molar-refractivity contribution in [2.75, 3.05) is 0 Å². The van der Waals surface area contributed by atoms with E-state index in [1.807, 2.05) is 61.5 Å². The third-order valence-electron chi connectivity index (χ3n) is 2.53. The van der Waals surface area contributed by atoms with Gasteiger partial charge in [-0.3, -0.25) is 0 Å². The SMILES string of the molecule is Cc1ccc(C#CC(O)C#Cc2ccccc2)cc1. The van der Waals surface area contributed by atoms with Crippen molar-refractivity contribution in [2.24, 2.45) is 0 Å². The molecule has 0 aromatic heterocycles. The molecule has 19 heavy (non-hydrogen) atoms. The second-order valence-electron chi connectivity index (χ2n) is 4.17. The van der Waals surface area contributed by atoms with Crippen molar-refractivity contribution in [3.8, 4) is 23.7 Å². The van der Waals surface area contributed by atoms with Gasteiger partial charge < -0.3 is 5.11 Å². The summed E-state index contributed by atoms with van der Waals surface area (Å²) in [5, 5.41) is 9.68. The van der Waals surface area contributed by atoms with Gasteiger partial charge in [-0.05, 0) is 31.2 Å². The summed E-state index contributed by atoms with van der Waals surface area (Å²) in [6.45, 7) is 2.03. The monoisotopic (exact) mass is 246 g/mol. The fourth-order valence-corrected chi connectivity index (χ4v) is 1.50. The first kappa shape index (κ1) is 13.0. The Balaban J connectivity index is 2.05. The lowest BCUT2D eigenvalue weighted by Gasteiger charge is -1.93. The second kappa shape index (κ2) is 6.45. The highest BCUT2D eigenvalue weighted by Crippen LogP contribution is 2.01. The zero-order chi connectivity index (χ0) is 13.5. The number of hydrogen-bond donors (Lipinski definition) is 1. The third-order valence-corrected chi connectivity index (χ3v) is 2.53. The molecule has 0 amide bonds. The van der Waals surface area contributed by atoms with Gasteiger partial charge in [-0.25, -0.2) is 0 Å². The summed E-state index contributed by atoms with van der Waals surface area (Å²) in [6.07, 6.45) is -0.929. The van der Waals surface area contributed by atoms with Crippen molar-refractivity contribution in [1.29, 1.82) is 0 Å². The van der Waals surface area contributed by atoms with Gasteiger partial charge in [0.2, 0.25) is 0 Å². The average Bonchev–Trinajstić information content (AvgIpc) is 2.45. The van der Waals surface area contributed by atoms with Gasteiger partial charge in [0.1, 0.15) is 0 Å². The predicted molar refractivity (Wildman–Crippen MR) is 77.4 cm³/mol. The molecule has 0 heterocycles. The van der Waals surface area contributed by atoms with Crippen LogP contribution in [0.3, 0.4) is 0 Å². The van der Waals surface area contributed by atoms with Gasteiger partial charge in [0.15, 0.2) is 6.10 Å². The van der Waals surface area contributed by atoms with Gasteiger partial charge in [-0.2, -0.15) is 0 Å². The maximum absolute atomic E-state index is 9.68. The van der Waals surface area contributed by atoms with E-state index < -0.39 is 6.10 Å². The summed E-state index contributed by atoms with van der Waals surface area (Å²) in [5.41, 5.74) is 2.94. The highest BCUT2D eigenvalue weighted by atomic mass is 16.3. The van der Waals surface area contributed by atoms with Crippen LogP contribution in [0.1, 0.15) is 16.7 Å². The number of aryl methyl sites for hydroxylation is 1. The van der Waals surface area contributed by atoms with Crippen LogP contribution in [0.4, 0.5) is 0 Å². The molecule has 0 spiro atoms. The minimum atomic E-state index is -0.929. The van der Waals surface area contributed by atoms with Crippen molar-refractivity contribution in [2.45, 2.75) is 13.0 Å². The Labute approximate surface area is 113 Å². The molecular formula is C18H14O. The van der Waals surface area contributed by atoms with Crippen molar-refractivity contribution < 1.29 is 5.11 Å². The Morgan fingerprint density at radius 1 is 0.789 bits per heavy atom. The zero-order valence-electron chi connectivity index (χ0n) is 10.7. The Hall–Kier alpha value is -2.48. The molecule has 0 saturated carbocycles. The maximum atomic E-state index is 9.68. The van der Waals surface area contributed by atoms with Crippen LogP contribution in [0.25, 0.3) is 0 Å². The largest absolute Gasteiger partial charge is 0.369 e. The first-order valence-corrected chi connectivity index (χ1v) is 6.07. The van der Waals surface area contributed by atoms with Gasteiger partial charge >= 0.3 is 0 Å². The van der Waals surface area contributed by atoms with Crippen LogP contribution in [-0.2, 0) is 0 Å². The Bertz CT molecular complexity index is 646. The van der Waals surface area contributed by atoms with Crippen molar-refractivity contribution in [1.82, 2.24) is 0 Å². The van der Waals surface area contributed by atoms with Crippen LogP contribution in [0.15, 0.2) is 54.6 Å². The van der Waals surface area contributed by atoms with Crippen molar-refractivity contribution in [3.63, 3.8) is 0 Å². The van der Waals surface area contributed by atoms with E-state index in [9.17, 15) is 5.11 Å². The summed E-state index contributed by atoms with van der Waals surface area (Å²) >= 11 is 0. The molecule has 1 nitrogen and oxygen atoms in total. The molecular weight excluding hydrogens is 232 g/mol. The topological polar surface area (TPSA) is 20.2 Å². The van der Waals surface area contributed by atoms with Crippen LogP contribution >= 0.6 is 0 Å². The van der Waals surface area contributed by atoms with Crippen LogP contribution in [0.2, 0.25) is 0 Å². The summed E-state index contributed by atoms with van der Waals surface area (Å²) in [6, 6.07) is 17.4. The third kappa shape index (κ3) is 4.36. The van der Waals surface area contributed by atoms with E-state index in [2.05, 4.69) is 23.7 Å². The van der Waals surface area contributed by atoms with Crippen molar-refractivity contribution >= 4 is 0 Å². The van der Waals surface area contributed by atoms with Crippen LogP contribution in [0, 0.1) is 30.6 Å². The number of rotatable bonds is 0. The molecule has 1 N–H and O–H groups in total. The molecule has 1 heteroatoms. The Morgan fingerprint density at radius 3 is 1.89 bits per heavy atom. The predicted octanol–water partition coefficient (Wildman–Crippen LogP) is 2.76. The maximum Gasteiger partial charge on any atom is 0.177 e. The fraction of sp³-hybridized carbons (Fsp3) is 0.111.